The lowest BCUT2D eigenvalue weighted by molar-refractivity contribution is -0.00315. The summed E-state index contributed by atoms with van der Waals surface area (Å²) >= 11 is 1.31. The Bertz CT molecular complexity index is 1200. The molecule has 0 spiro atoms. The number of hydrogen-bond donors (Lipinski definition) is 4. The first-order valence-corrected chi connectivity index (χ1v) is 13.8. The smallest absolute Gasteiger partial charge is 0.411 e. The van der Waals surface area contributed by atoms with E-state index >= 15 is 0 Å². The minimum absolute atomic E-state index is 0.00902. The van der Waals surface area contributed by atoms with Gasteiger partial charge in [0.25, 0.3) is 0 Å². The minimum Gasteiger partial charge on any atom is -0.465 e. The first kappa shape index (κ1) is 27.8. The molecular weight excluding hydrogens is 508 g/mol. The SMILES string of the molecule is CC(C)OC(=O)Nc1ccc(-c2cnc(C3CCC(NC(=O)O)CO3)s2)c(S(=O)(=O)NC(C)(C)C)c1. The van der Waals surface area contributed by atoms with Gasteiger partial charge in [-0.3, -0.25) is 5.32 Å². The van der Waals surface area contributed by atoms with Gasteiger partial charge < -0.3 is 19.9 Å². The van der Waals surface area contributed by atoms with Crippen molar-refractivity contribution in [3.05, 3.63) is 29.4 Å². The average molecular weight is 541 g/mol. The van der Waals surface area contributed by atoms with Crippen LogP contribution in [0.25, 0.3) is 10.4 Å². The lowest BCUT2D eigenvalue weighted by Crippen LogP contribution is -2.40. The Hall–Kier alpha value is -2.74. The number of nitrogens with one attached hydrogen (secondary N) is 3. The van der Waals surface area contributed by atoms with Gasteiger partial charge in [-0.25, -0.2) is 27.7 Å². The number of amides is 2. The molecule has 36 heavy (non-hydrogen) atoms. The fraction of sp³-hybridized carbons (Fsp3) is 0.522. The number of sulfonamides is 1. The van der Waals surface area contributed by atoms with Crippen molar-refractivity contribution in [1.82, 2.24) is 15.0 Å². The van der Waals surface area contributed by atoms with Gasteiger partial charge in [-0.05, 0) is 59.6 Å². The van der Waals surface area contributed by atoms with Crippen molar-refractivity contribution in [2.45, 2.75) is 76.1 Å². The van der Waals surface area contributed by atoms with Crippen LogP contribution in [0.4, 0.5) is 15.3 Å². The first-order valence-electron chi connectivity index (χ1n) is 11.5. The molecule has 2 heterocycles. The van der Waals surface area contributed by atoms with Gasteiger partial charge in [0, 0.05) is 23.0 Å². The van der Waals surface area contributed by atoms with Gasteiger partial charge in [0.05, 0.1) is 28.5 Å². The molecule has 1 saturated heterocycles. The van der Waals surface area contributed by atoms with Gasteiger partial charge >= 0.3 is 12.2 Å². The van der Waals surface area contributed by atoms with E-state index in [1.54, 1.807) is 52.9 Å². The predicted molar refractivity (Wildman–Crippen MR) is 136 cm³/mol. The number of nitrogens with zero attached hydrogens (tertiary/aromatic N) is 1. The average Bonchev–Trinajstić information content (AvgIpc) is 3.21. The summed E-state index contributed by atoms with van der Waals surface area (Å²) in [5.74, 6) is 0. The molecule has 2 amide bonds. The number of carbonyl (C=O) groups is 2. The Morgan fingerprint density at radius 1 is 1.25 bits per heavy atom. The molecule has 1 aliphatic rings. The number of anilines is 1. The van der Waals surface area contributed by atoms with Gasteiger partial charge in [-0.1, -0.05) is 6.07 Å². The molecule has 1 aromatic carbocycles. The van der Waals surface area contributed by atoms with Crippen LogP contribution in [0.2, 0.25) is 0 Å². The lowest BCUT2D eigenvalue weighted by atomic mass is 10.1. The van der Waals surface area contributed by atoms with E-state index in [0.717, 1.165) is 0 Å². The summed E-state index contributed by atoms with van der Waals surface area (Å²) in [7, 11) is -3.97. The zero-order chi connectivity index (χ0) is 26.7. The Balaban J connectivity index is 1.90. The van der Waals surface area contributed by atoms with E-state index in [4.69, 9.17) is 14.6 Å². The number of ether oxygens (including phenoxy) is 2. The van der Waals surface area contributed by atoms with E-state index in [1.807, 2.05) is 0 Å². The maximum Gasteiger partial charge on any atom is 0.411 e. The highest BCUT2D eigenvalue weighted by Gasteiger charge is 2.29. The highest BCUT2D eigenvalue weighted by molar-refractivity contribution is 7.89. The Kier molecular flexibility index (Phi) is 8.59. The number of thiazole rings is 1. The van der Waals surface area contributed by atoms with Crippen molar-refractivity contribution in [3.63, 3.8) is 0 Å². The number of carbonyl (C=O) groups excluding carboxylic acids is 1. The maximum atomic E-state index is 13.3. The first-order chi connectivity index (χ1) is 16.7. The van der Waals surface area contributed by atoms with Gasteiger partial charge in [-0.15, -0.1) is 11.3 Å². The summed E-state index contributed by atoms with van der Waals surface area (Å²) in [6.07, 6.45) is 0.361. The second-order valence-corrected chi connectivity index (χ2v) is 12.5. The third kappa shape index (κ3) is 7.63. The molecule has 1 fully saturated rings. The Labute approximate surface area is 214 Å². The van der Waals surface area contributed by atoms with Gasteiger partial charge in [0.15, 0.2) is 0 Å². The third-order valence-electron chi connectivity index (χ3n) is 4.97. The molecular formula is C23H32N4O7S2. The molecule has 0 aliphatic carbocycles. The van der Waals surface area contributed by atoms with Crippen LogP contribution >= 0.6 is 11.3 Å². The molecule has 2 aromatic rings. The molecule has 1 aliphatic heterocycles. The van der Waals surface area contributed by atoms with E-state index in [0.29, 0.717) is 28.3 Å². The summed E-state index contributed by atoms with van der Waals surface area (Å²) < 4.78 is 40.3. The van der Waals surface area contributed by atoms with E-state index in [-0.39, 0.29) is 35.4 Å². The van der Waals surface area contributed by atoms with Gasteiger partial charge in [-0.2, -0.15) is 0 Å². The molecule has 198 valence electrons. The maximum absolute atomic E-state index is 13.3. The van der Waals surface area contributed by atoms with Crippen LogP contribution in [0.5, 0.6) is 0 Å². The van der Waals surface area contributed by atoms with Crippen LogP contribution in [0.1, 0.15) is 58.6 Å². The second kappa shape index (κ2) is 11.1. The van der Waals surface area contributed by atoms with Crippen LogP contribution in [0, 0.1) is 0 Å². The molecule has 3 rings (SSSR count). The number of rotatable bonds is 7. The van der Waals surface area contributed by atoms with Crippen molar-refractivity contribution in [2.24, 2.45) is 0 Å². The summed E-state index contributed by atoms with van der Waals surface area (Å²) in [4.78, 5) is 28.0. The van der Waals surface area contributed by atoms with Crippen molar-refractivity contribution in [1.29, 1.82) is 0 Å². The standard InChI is InChI=1S/C23H32N4O7S2/c1-13(2)34-22(30)26-14-6-8-16(19(10-14)36(31,32)27-23(3,4)5)18-11-24-20(35-18)17-9-7-15(12-33-17)25-21(28)29/h6,8,10-11,13,15,17,25,27H,7,9,12H2,1-5H3,(H,26,30)(H,28,29). The van der Waals surface area contributed by atoms with Crippen LogP contribution in [-0.4, -0.2) is 55.0 Å². The quantitative estimate of drug-likeness (QED) is 0.404. The van der Waals surface area contributed by atoms with Gasteiger partial charge in [0.1, 0.15) is 11.1 Å². The lowest BCUT2D eigenvalue weighted by Gasteiger charge is -2.27. The summed E-state index contributed by atoms with van der Waals surface area (Å²) in [5, 5.41) is 14.5. The number of benzene rings is 1. The Morgan fingerprint density at radius 2 is 1.97 bits per heavy atom. The molecule has 1 aromatic heterocycles. The molecule has 13 heteroatoms. The topological polar surface area (TPSA) is 156 Å². The van der Waals surface area contributed by atoms with Crippen molar-refractivity contribution in [2.75, 3.05) is 11.9 Å². The zero-order valence-corrected chi connectivity index (χ0v) is 22.5. The zero-order valence-electron chi connectivity index (χ0n) is 20.8. The molecule has 2 unspecified atom stereocenters. The highest BCUT2D eigenvalue weighted by atomic mass is 32.2. The van der Waals surface area contributed by atoms with Crippen molar-refractivity contribution < 1.29 is 32.6 Å². The van der Waals surface area contributed by atoms with E-state index in [1.165, 1.54) is 17.4 Å². The van der Waals surface area contributed by atoms with Crippen LogP contribution in [0.15, 0.2) is 29.3 Å². The minimum atomic E-state index is -3.97. The second-order valence-electron chi connectivity index (χ2n) is 9.75. The molecule has 4 N–H and O–H groups in total. The van der Waals surface area contributed by atoms with E-state index < -0.39 is 27.7 Å². The molecule has 11 nitrogen and oxygen atoms in total. The summed E-state index contributed by atoms with van der Waals surface area (Å²) in [6.45, 7) is 8.88. The third-order valence-corrected chi connectivity index (χ3v) is 7.89. The number of carboxylic acid groups (broad SMARTS) is 1. The molecule has 2 atom stereocenters. The predicted octanol–water partition coefficient (Wildman–Crippen LogP) is 4.33. The monoisotopic (exact) mass is 540 g/mol. The van der Waals surface area contributed by atoms with E-state index in [9.17, 15) is 18.0 Å². The summed E-state index contributed by atoms with van der Waals surface area (Å²) in [6, 6.07) is 4.34. The normalized spacial score (nSPS) is 18.6. The number of hydrogen-bond acceptors (Lipinski definition) is 8. The largest absolute Gasteiger partial charge is 0.465 e. The molecule has 0 saturated carbocycles. The van der Waals surface area contributed by atoms with Crippen molar-refractivity contribution in [3.8, 4) is 10.4 Å². The van der Waals surface area contributed by atoms with E-state index in [2.05, 4.69) is 20.3 Å². The molecule has 0 bridgehead atoms. The number of aromatic nitrogens is 1. The van der Waals surface area contributed by atoms with Crippen LogP contribution < -0.4 is 15.4 Å². The van der Waals surface area contributed by atoms with Crippen LogP contribution in [-0.2, 0) is 19.5 Å². The fourth-order valence-electron chi connectivity index (χ4n) is 3.64. The van der Waals surface area contributed by atoms with Crippen molar-refractivity contribution >= 4 is 39.2 Å². The fourth-order valence-corrected chi connectivity index (χ4v) is 6.41. The summed E-state index contributed by atoms with van der Waals surface area (Å²) in [5.41, 5.74) is -0.0265. The highest BCUT2D eigenvalue weighted by Crippen LogP contribution is 2.38. The van der Waals surface area contributed by atoms with Crippen LogP contribution in [0.3, 0.4) is 0 Å². The van der Waals surface area contributed by atoms with Gasteiger partial charge in [0.2, 0.25) is 10.0 Å². The molecule has 0 radical (unpaired) electrons. The Morgan fingerprint density at radius 3 is 2.56 bits per heavy atom.